The minimum atomic E-state index is 0.144. The number of methoxy groups -OCH3 is 1. The molecule has 1 aromatic heterocycles. The van der Waals surface area contributed by atoms with Gasteiger partial charge in [0.25, 0.3) is 0 Å². The van der Waals surface area contributed by atoms with Crippen molar-refractivity contribution < 1.29 is 14.3 Å². The van der Waals surface area contributed by atoms with E-state index in [1.165, 1.54) is 6.42 Å². The van der Waals surface area contributed by atoms with Crippen molar-refractivity contribution in [2.45, 2.75) is 37.8 Å². The molecule has 1 saturated carbocycles. The van der Waals surface area contributed by atoms with Crippen molar-refractivity contribution in [3.63, 3.8) is 0 Å². The minimum Gasteiger partial charge on any atom is -0.381 e. The topological polar surface area (TPSA) is 56.6 Å². The lowest BCUT2D eigenvalue weighted by Gasteiger charge is -2.40. The van der Waals surface area contributed by atoms with E-state index >= 15 is 0 Å². The molecular formula is C16H25N3O3. The van der Waals surface area contributed by atoms with Crippen LogP contribution in [0.5, 0.6) is 0 Å². The molecule has 22 heavy (non-hydrogen) atoms. The Balaban J connectivity index is 1.70. The van der Waals surface area contributed by atoms with Gasteiger partial charge in [-0.1, -0.05) is 6.42 Å². The molecule has 122 valence electrons. The van der Waals surface area contributed by atoms with Gasteiger partial charge in [0.1, 0.15) is 0 Å². The van der Waals surface area contributed by atoms with Crippen LogP contribution in [0.25, 0.3) is 0 Å². The first-order valence-electron chi connectivity index (χ1n) is 8.06. The number of carbonyl (C=O) groups is 1. The highest BCUT2D eigenvalue weighted by Gasteiger charge is 2.40. The Hall–Kier alpha value is -1.40. The molecule has 1 aliphatic heterocycles. The molecule has 0 aromatic carbocycles. The summed E-state index contributed by atoms with van der Waals surface area (Å²) in [6.45, 7) is 1.93. The summed E-state index contributed by atoms with van der Waals surface area (Å²) in [5, 5.41) is 4.14. The summed E-state index contributed by atoms with van der Waals surface area (Å²) in [7, 11) is 3.64. The summed E-state index contributed by atoms with van der Waals surface area (Å²) >= 11 is 0. The third-order valence-corrected chi connectivity index (χ3v) is 4.90. The average Bonchev–Trinajstić information content (AvgIpc) is 3.15. The summed E-state index contributed by atoms with van der Waals surface area (Å²) in [5.41, 5.74) is 0.965. The first-order chi connectivity index (χ1) is 10.7. The minimum absolute atomic E-state index is 0.144. The molecule has 1 aliphatic carbocycles. The molecule has 3 atom stereocenters. The Morgan fingerprint density at radius 2 is 2.36 bits per heavy atom. The normalized spacial score (nSPS) is 29.0. The summed E-state index contributed by atoms with van der Waals surface area (Å²) in [4.78, 5) is 14.7. The Kier molecular flexibility index (Phi) is 4.78. The summed E-state index contributed by atoms with van der Waals surface area (Å²) < 4.78 is 13.0. The van der Waals surface area contributed by atoms with Crippen LogP contribution in [0, 0.1) is 5.92 Å². The molecule has 3 rings (SSSR count). The van der Waals surface area contributed by atoms with E-state index in [1.807, 2.05) is 18.1 Å². The Labute approximate surface area is 131 Å². The van der Waals surface area contributed by atoms with Gasteiger partial charge in [0, 0.05) is 32.8 Å². The molecule has 0 unspecified atom stereocenters. The molecule has 1 aromatic rings. The van der Waals surface area contributed by atoms with Gasteiger partial charge in [-0.3, -0.25) is 9.48 Å². The van der Waals surface area contributed by atoms with Gasteiger partial charge in [-0.15, -0.1) is 0 Å². The van der Waals surface area contributed by atoms with Gasteiger partial charge in [0.05, 0.1) is 38.0 Å². The molecule has 1 amide bonds. The van der Waals surface area contributed by atoms with Crippen molar-refractivity contribution in [3.8, 4) is 0 Å². The third-order valence-electron chi connectivity index (χ3n) is 4.90. The van der Waals surface area contributed by atoms with Crippen LogP contribution in [0.2, 0.25) is 0 Å². The number of carbonyl (C=O) groups excluding carboxylic acids is 1. The molecule has 2 heterocycles. The van der Waals surface area contributed by atoms with Crippen LogP contribution >= 0.6 is 0 Å². The molecule has 2 aliphatic rings. The predicted octanol–water partition coefficient (Wildman–Crippen LogP) is 1.01. The zero-order valence-electron chi connectivity index (χ0n) is 13.4. The van der Waals surface area contributed by atoms with Crippen molar-refractivity contribution in [2.24, 2.45) is 13.0 Å². The SMILES string of the molecule is CO[C@@H]1CCC[C@H]1[C@@H]1COCCN1C(=O)Cc1cnn(C)c1. The summed E-state index contributed by atoms with van der Waals surface area (Å²) in [5.74, 6) is 0.561. The van der Waals surface area contributed by atoms with Crippen molar-refractivity contribution in [1.29, 1.82) is 0 Å². The number of morpholine rings is 1. The fourth-order valence-corrected chi connectivity index (χ4v) is 3.81. The van der Waals surface area contributed by atoms with Crippen molar-refractivity contribution in [3.05, 3.63) is 18.0 Å². The van der Waals surface area contributed by atoms with E-state index < -0.39 is 0 Å². The van der Waals surface area contributed by atoms with E-state index in [4.69, 9.17) is 9.47 Å². The molecule has 2 fully saturated rings. The zero-order valence-corrected chi connectivity index (χ0v) is 13.4. The fourth-order valence-electron chi connectivity index (χ4n) is 3.81. The molecule has 0 radical (unpaired) electrons. The number of aryl methyl sites for hydroxylation is 1. The number of aromatic nitrogens is 2. The number of amides is 1. The molecule has 0 bridgehead atoms. The van der Waals surface area contributed by atoms with Crippen LogP contribution in [0.15, 0.2) is 12.4 Å². The van der Waals surface area contributed by atoms with Crippen LogP contribution in [0.3, 0.4) is 0 Å². The first kappa shape index (κ1) is 15.5. The first-order valence-corrected chi connectivity index (χ1v) is 8.06. The van der Waals surface area contributed by atoms with Crippen molar-refractivity contribution in [2.75, 3.05) is 26.9 Å². The molecule has 0 spiro atoms. The van der Waals surface area contributed by atoms with Crippen LogP contribution in [-0.2, 0) is 27.7 Å². The number of rotatable bonds is 4. The second-order valence-electron chi connectivity index (χ2n) is 6.30. The van der Waals surface area contributed by atoms with Crippen LogP contribution < -0.4 is 0 Å². The van der Waals surface area contributed by atoms with Gasteiger partial charge >= 0.3 is 0 Å². The lowest BCUT2D eigenvalue weighted by atomic mass is 9.93. The number of ether oxygens (including phenoxy) is 2. The third kappa shape index (κ3) is 3.17. The number of hydrogen-bond donors (Lipinski definition) is 0. The van der Waals surface area contributed by atoms with E-state index in [9.17, 15) is 4.79 Å². The highest BCUT2D eigenvalue weighted by Crippen LogP contribution is 2.34. The van der Waals surface area contributed by atoms with Gasteiger partial charge < -0.3 is 14.4 Å². The van der Waals surface area contributed by atoms with Crippen molar-refractivity contribution >= 4 is 5.91 Å². The lowest BCUT2D eigenvalue weighted by molar-refractivity contribution is -0.143. The molecule has 0 N–H and O–H groups in total. The number of hydrogen-bond acceptors (Lipinski definition) is 4. The Morgan fingerprint density at radius 3 is 3.09 bits per heavy atom. The molecule has 6 nitrogen and oxygen atoms in total. The molecule has 1 saturated heterocycles. The number of nitrogens with zero attached hydrogens (tertiary/aromatic N) is 3. The Bertz CT molecular complexity index is 516. The second-order valence-corrected chi connectivity index (χ2v) is 6.30. The zero-order chi connectivity index (χ0) is 15.5. The maximum atomic E-state index is 12.7. The van der Waals surface area contributed by atoms with Gasteiger partial charge in [0.15, 0.2) is 0 Å². The van der Waals surface area contributed by atoms with Crippen LogP contribution in [-0.4, -0.2) is 59.6 Å². The summed E-state index contributed by atoms with van der Waals surface area (Å²) in [6, 6.07) is 0.144. The van der Waals surface area contributed by atoms with Crippen LogP contribution in [0.1, 0.15) is 24.8 Å². The van der Waals surface area contributed by atoms with Gasteiger partial charge in [0.2, 0.25) is 5.91 Å². The van der Waals surface area contributed by atoms with Gasteiger partial charge in [-0.2, -0.15) is 5.10 Å². The molecular weight excluding hydrogens is 282 g/mol. The maximum Gasteiger partial charge on any atom is 0.227 e. The van der Waals surface area contributed by atoms with E-state index in [2.05, 4.69) is 5.10 Å². The second kappa shape index (κ2) is 6.79. The average molecular weight is 307 g/mol. The quantitative estimate of drug-likeness (QED) is 0.833. The highest BCUT2D eigenvalue weighted by molar-refractivity contribution is 5.79. The van der Waals surface area contributed by atoms with Gasteiger partial charge in [-0.25, -0.2) is 0 Å². The fraction of sp³-hybridized carbons (Fsp3) is 0.750. The van der Waals surface area contributed by atoms with Crippen LogP contribution in [0.4, 0.5) is 0 Å². The lowest BCUT2D eigenvalue weighted by Crippen LogP contribution is -2.54. The van der Waals surface area contributed by atoms with E-state index in [1.54, 1.807) is 18.0 Å². The smallest absolute Gasteiger partial charge is 0.227 e. The highest BCUT2D eigenvalue weighted by atomic mass is 16.5. The van der Waals surface area contributed by atoms with Gasteiger partial charge in [-0.05, 0) is 18.4 Å². The van der Waals surface area contributed by atoms with Crippen molar-refractivity contribution in [1.82, 2.24) is 14.7 Å². The van der Waals surface area contributed by atoms with E-state index in [0.29, 0.717) is 32.1 Å². The largest absolute Gasteiger partial charge is 0.381 e. The monoisotopic (exact) mass is 307 g/mol. The van der Waals surface area contributed by atoms with E-state index in [-0.39, 0.29) is 18.1 Å². The summed E-state index contributed by atoms with van der Waals surface area (Å²) in [6.07, 6.45) is 7.70. The standard InChI is InChI=1S/C16H25N3O3/c1-18-10-12(9-17-18)8-16(20)19-6-7-22-11-14(19)13-4-3-5-15(13)21-2/h9-10,13-15H,3-8,11H2,1-2H3/t13-,14-,15+/m0/s1. The Morgan fingerprint density at radius 1 is 1.50 bits per heavy atom. The maximum absolute atomic E-state index is 12.7. The van der Waals surface area contributed by atoms with E-state index in [0.717, 1.165) is 18.4 Å². The molecule has 6 heteroatoms. The predicted molar refractivity (Wildman–Crippen MR) is 81.4 cm³/mol.